The van der Waals surface area contributed by atoms with E-state index < -0.39 is 97.3 Å². The molecular formula is C19H31N5O10. The fourth-order valence-corrected chi connectivity index (χ4v) is 2.72. The van der Waals surface area contributed by atoms with Crippen LogP contribution >= 0.6 is 0 Å². The van der Waals surface area contributed by atoms with Gasteiger partial charge in [0.1, 0.15) is 18.1 Å². The minimum absolute atomic E-state index is 0.377. The second-order valence-electron chi connectivity index (χ2n) is 7.64. The summed E-state index contributed by atoms with van der Waals surface area (Å²) in [5.41, 5.74) is 10.5. The van der Waals surface area contributed by atoms with E-state index in [4.69, 9.17) is 21.7 Å². The Morgan fingerprint density at radius 1 is 0.794 bits per heavy atom. The number of aliphatic carboxylic acids is 3. The van der Waals surface area contributed by atoms with Crippen molar-refractivity contribution >= 4 is 41.5 Å². The monoisotopic (exact) mass is 489 g/mol. The van der Waals surface area contributed by atoms with Crippen LogP contribution in [0.5, 0.6) is 0 Å². The van der Waals surface area contributed by atoms with E-state index in [0.29, 0.717) is 6.42 Å². The summed E-state index contributed by atoms with van der Waals surface area (Å²) >= 11 is 0. The van der Waals surface area contributed by atoms with Crippen molar-refractivity contribution in [1.29, 1.82) is 0 Å². The number of amides is 4. The van der Waals surface area contributed by atoms with Crippen LogP contribution in [0, 0.1) is 5.92 Å². The lowest BCUT2D eigenvalue weighted by molar-refractivity contribution is -0.144. The van der Waals surface area contributed by atoms with E-state index in [1.54, 1.807) is 13.8 Å². The van der Waals surface area contributed by atoms with Gasteiger partial charge in [-0.15, -0.1) is 0 Å². The topological polar surface area (TPSA) is 268 Å². The lowest BCUT2D eigenvalue weighted by atomic mass is 9.98. The molecule has 0 aromatic carbocycles. The van der Waals surface area contributed by atoms with Crippen molar-refractivity contribution in [2.75, 3.05) is 0 Å². The molecule has 192 valence electrons. The maximum Gasteiger partial charge on any atom is 0.326 e. The number of nitrogens with two attached hydrogens (primary N) is 2. The van der Waals surface area contributed by atoms with Crippen LogP contribution in [0.1, 0.15) is 46.0 Å². The number of primary amides is 1. The quantitative estimate of drug-likeness (QED) is 0.109. The maximum atomic E-state index is 12.7. The summed E-state index contributed by atoms with van der Waals surface area (Å²) in [4.78, 5) is 82.0. The highest BCUT2D eigenvalue weighted by molar-refractivity contribution is 5.96. The van der Waals surface area contributed by atoms with Gasteiger partial charge in [0.05, 0.1) is 18.9 Å². The molecule has 0 fully saturated rings. The van der Waals surface area contributed by atoms with Gasteiger partial charge in [-0.3, -0.25) is 28.8 Å². The molecule has 0 saturated heterocycles. The first-order valence-corrected chi connectivity index (χ1v) is 10.3. The van der Waals surface area contributed by atoms with Gasteiger partial charge in [0, 0.05) is 6.42 Å². The van der Waals surface area contributed by atoms with Crippen LogP contribution < -0.4 is 27.4 Å². The standard InChI is InChI=1S/C19H31N5O10/c1-3-8(2)15(19(33)34)24-18(32)11(7-14(28)29)23-17(31)10(4-5-13(26)27)22-16(30)9(20)6-12(21)25/h8-11,15H,3-7,20H2,1-2H3,(H2,21,25)(H,22,30)(H,23,31)(H,24,32)(H,26,27)(H,28,29)(H,33,34). The van der Waals surface area contributed by atoms with Crippen LogP contribution in [-0.2, 0) is 33.6 Å². The van der Waals surface area contributed by atoms with E-state index in [2.05, 4.69) is 16.0 Å². The molecule has 0 saturated carbocycles. The van der Waals surface area contributed by atoms with Crippen molar-refractivity contribution in [1.82, 2.24) is 16.0 Å². The van der Waals surface area contributed by atoms with Gasteiger partial charge in [-0.25, -0.2) is 4.79 Å². The van der Waals surface area contributed by atoms with Gasteiger partial charge in [-0.05, 0) is 12.3 Å². The fourth-order valence-electron chi connectivity index (χ4n) is 2.72. The van der Waals surface area contributed by atoms with Crippen LogP contribution in [-0.4, -0.2) is 81.0 Å². The van der Waals surface area contributed by atoms with Gasteiger partial charge in [0.2, 0.25) is 23.6 Å². The number of carboxylic acids is 3. The molecule has 0 spiro atoms. The average Bonchev–Trinajstić information content (AvgIpc) is 2.72. The SMILES string of the molecule is CCC(C)C(NC(=O)C(CC(=O)O)NC(=O)C(CCC(=O)O)NC(=O)C(N)CC(N)=O)C(=O)O. The van der Waals surface area contributed by atoms with E-state index in [1.165, 1.54) is 0 Å². The first-order chi connectivity index (χ1) is 15.7. The number of carbonyl (C=O) groups is 7. The molecule has 0 bridgehead atoms. The third-order valence-corrected chi connectivity index (χ3v) is 4.83. The third-order valence-electron chi connectivity index (χ3n) is 4.83. The number of hydrogen-bond donors (Lipinski definition) is 8. The summed E-state index contributed by atoms with van der Waals surface area (Å²) in [5, 5.41) is 33.7. The Bertz CT molecular complexity index is 802. The molecule has 0 radical (unpaired) electrons. The zero-order chi connectivity index (χ0) is 26.6. The highest BCUT2D eigenvalue weighted by Crippen LogP contribution is 2.09. The number of carboxylic acid groups (broad SMARTS) is 3. The smallest absolute Gasteiger partial charge is 0.326 e. The summed E-state index contributed by atoms with van der Waals surface area (Å²) in [6, 6.07) is -6.10. The van der Waals surface area contributed by atoms with Crippen LogP contribution in [0.15, 0.2) is 0 Å². The molecule has 4 amide bonds. The first-order valence-electron chi connectivity index (χ1n) is 10.3. The molecule has 0 heterocycles. The normalized spacial score (nSPS) is 15.0. The van der Waals surface area contributed by atoms with Crippen LogP contribution in [0.3, 0.4) is 0 Å². The van der Waals surface area contributed by atoms with Crippen LogP contribution in [0.2, 0.25) is 0 Å². The van der Waals surface area contributed by atoms with Crippen molar-refractivity contribution in [3.63, 3.8) is 0 Å². The summed E-state index contributed by atoms with van der Waals surface area (Å²) in [6.07, 6.45) is -2.15. The fraction of sp³-hybridized carbons (Fsp3) is 0.632. The number of nitrogens with one attached hydrogen (secondary N) is 3. The van der Waals surface area contributed by atoms with Crippen molar-refractivity contribution in [3.05, 3.63) is 0 Å². The lowest BCUT2D eigenvalue weighted by Gasteiger charge is -2.25. The Balaban J connectivity index is 5.64. The van der Waals surface area contributed by atoms with Crippen molar-refractivity contribution in [2.24, 2.45) is 17.4 Å². The van der Waals surface area contributed by atoms with Crippen LogP contribution in [0.4, 0.5) is 0 Å². The molecular weight excluding hydrogens is 458 g/mol. The number of carbonyl (C=O) groups excluding carboxylic acids is 4. The highest BCUT2D eigenvalue weighted by Gasteiger charge is 2.33. The van der Waals surface area contributed by atoms with Gasteiger partial charge < -0.3 is 42.7 Å². The van der Waals surface area contributed by atoms with E-state index in [0.717, 1.165) is 0 Å². The molecule has 15 heteroatoms. The minimum atomic E-state index is -1.74. The summed E-state index contributed by atoms with van der Waals surface area (Å²) in [5.74, 6) is -8.81. The second-order valence-corrected chi connectivity index (χ2v) is 7.64. The minimum Gasteiger partial charge on any atom is -0.481 e. The van der Waals surface area contributed by atoms with Crippen molar-refractivity contribution < 1.29 is 48.9 Å². The Morgan fingerprint density at radius 2 is 1.32 bits per heavy atom. The summed E-state index contributed by atoms with van der Waals surface area (Å²) in [6.45, 7) is 3.23. The molecule has 0 aliphatic carbocycles. The summed E-state index contributed by atoms with van der Waals surface area (Å²) < 4.78 is 0. The second kappa shape index (κ2) is 14.4. The van der Waals surface area contributed by atoms with Gasteiger partial charge in [-0.2, -0.15) is 0 Å². The largest absolute Gasteiger partial charge is 0.481 e. The van der Waals surface area contributed by atoms with E-state index in [-0.39, 0.29) is 0 Å². The Kier molecular flexibility index (Phi) is 12.8. The zero-order valence-electron chi connectivity index (χ0n) is 18.8. The molecule has 0 aliphatic heterocycles. The van der Waals surface area contributed by atoms with Crippen LogP contribution in [0.25, 0.3) is 0 Å². The van der Waals surface area contributed by atoms with Crippen molar-refractivity contribution in [2.45, 2.75) is 70.1 Å². The van der Waals surface area contributed by atoms with E-state index in [9.17, 15) is 38.7 Å². The maximum absolute atomic E-state index is 12.7. The Hall–Kier alpha value is -3.75. The average molecular weight is 489 g/mol. The van der Waals surface area contributed by atoms with E-state index >= 15 is 0 Å². The van der Waals surface area contributed by atoms with Gasteiger partial charge in [0.25, 0.3) is 0 Å². The number of rotatable bonds is 16. The van der Waals surface area contributed by atoms with E-state index in [1.807, 2.05) is 0 Å². The Labute approximate surface area is 194 Å². The number of hydrogen-bond acceptors (Lipinski definition) is 8. The van der Waals surface area contributed by atoms with Gasteiger partial charge >= 0.3 is 17.9 Å². The molecule has 0 rings (SSSR count). The molecule has 0 aromatic heterocycles. The highest BCUT2D eigenvalue weighted by atomic mass is 16.4. The molecule has 0 aromatic rings. The molecule has 10 N–H and O–H groups in total. The molecule has 5 atom stereocenters. The predicted octanol–water partition coefficient (Wildman–Crippen LogP) is -2.89. The molecule has 34 heavy (non-hydrogen) atoms. The third kappa shape index (κ3) is 11.2. The molecule has 0 aliphatic rings. The predicted molar refractivity (Wildman–Crippen MR) is 114 cm³/mol. The van der Waals surface area contributed by atoms with Gasteiger partial charge in [0.15, 0.2) is 0 Å². The van der Waals surface area contributed by atoms with Crippen molar-refractivity contribution in [3.8, 4) is 0 Å². The van der Waals surface area contributed by atoms with Gasteiger partial charge in [-0.1, -0.05) is 20.3 Å². The summed E-state index contributed by atoms with van der Waals surface area (Å²) in [7, 11) is 0. The molecule has 15 nitrogen and oxygen atoms in total. The molecule has 5 unspecified atom stereocenters. The first kappa shape index (κ1) is 30.2. The lowest BCUT2D eigenvalue weighted by Crippen LogP contribution is -2.58. The Morgan fingerprint density at radius 3 is 1.76 bits per heavy atom. The zero-order valence-corrected chi connectivity index (χ0v) is 18.8.